The van der Waals surface area contributed by atoms with E-state index in [-0.39, 0.29) is 0 Å². The van der Waals surface area contributed by atoms with Gasteiger partial charge in [-0.3, -0.25) is 0 Å². The summed E-state index contributed by atoms with van der Waals surface area (Å²) in [6, 6.07) is 7.99. The summed E-state index contributed by atoms with van der Waals surface area (Å²) < 4.78 is 5.11. The van der Waals surface area contributed by atoms with Crippen LogP contribution in [0.25, 0.3) is 0 Å². The number of hydrogen-bond acceptors (Lipinski definition) is 2. The van der Waals surface area contributed by atoms with Crippen molar-refractivity contribution in [3.05, 3.63) is 24.3 Å². The lowest BCUT2D eigenvalue weighted by atomic mass is 10.3. The number of methoxy groups -OCH3 is 1. The molecular weight excluding hydrogens is 180 g/mol. The second-order valence-corrected chi connectivity index (χ2v) is 3.65. The fraction of sp³-hybridized carbons (Fsp3) is 0.273. The zero-order chi connectivity index (χ0) is 9.52. The maximum Gasteiger partial charge on any atom is 0.119 e. The van der Waals surface area contributed by atoms with Crippen molar-refractivity contribution >= 4 is 11.8 Å². The van der Waals surface area contributed by atoms with E-state index in [1.165, 1.54) is 4.90 Å². The van der Waals surface area contributed by atoms with Crippen molar-refractivity contribution < 1.29 is 4.74 Å². The van der Waals surface area contributed by atoms with Gasteiger partial charge in [0, 0.05) is 17.1 Å². The molecule has 1 rings (SSSR count). The summed E-state index contributed by atoms with van der Waals surface area (Å²) >= 11 is 1.75. The van der Waals surface area contributed by atoms with Gasteiger partial charge in [-0.05, 0) is 18.2 Å². The lowest BCUT2D eigenvalue weighted by Crippen LogP contribution is -1.82. The number of hydrogen-bond donors (Lipinski definition) is 0. The first kappa shape index (κ1) is 10.0. The third kappa shape index (κ3) is 3.43. The zero-order valence-electron chi connectivity index (χ0n) is 7.62. The minimum absolute atomic E-state index is 0.807. The fourth-order valence-electron chi connectivity index (χ4n) is 0.919. The Hall–Kier alpha value is -1.07. The summed E-state index contributed by atoms with van der Waals surface area (Å²) in [6.07, 6.45) is 5.97. The number of thioether (sulfide) groups is 1. The molecular formula is C11H12OS. The van der Waals surface area contributed by atoms with E-state index in [2.05, 4.69) is 12.0 Å². The first-order valence-electron chi connectivity index (χ1n) is 4.07. The Bertz CT molecular complexity index is 301. The van der Waals surface area contributed by atoms with Crippen LogP contribution in [0.2, 0.25) is 0 Å². The lowest BCUT2D eigenvalue weighted by Gasteiger charge is -2.02. The van der Waals surface area contributed by atoms with Crippen LogP contribution in [-0.4, -0.2) is 12.9 Å². The normalized spacial score (nSPS) is 9.23. The van der Waals surface area contributed by atoms with Crippen LogP contribution in [0, 0.1) is 12.3 Å². The molecule has 0 amide bonds. The summed E-state index contributed by atoms with van der Waals surface area (Å²) in [5.74, 6) is 4.47. The van der Waals surface area contributed by atoms with Crippen LogP contribution in [0.3, 0.4) is 0 Å². The smallest absolute Gasteiger partial charge is 0.119 e. The van der Waals surface area contributed by atoms with E-state index in [9.17, 15) is 0 Å². The number of terminal acetylenes is 1. The summed E-state index contributed by atoms with van der Waals surface area (Å²) in [7, 11) is 1.67. The van der Waals surface area contributed by atoms with E-state index in [0.717, 1.165) is 17.9 Å². The molecule has 0 aliphatic rings. The van der Waals surface area contributed by atoms with E-state index >= 15 is 0 Å². The van der Waals surface area contributed by atoms with Gasteiger partial charge in [-0.2, -0.15) is 0 Å². The molecule has 68 valence electrons. The largest absolute Gasteiger partial charge is 0.497 e. The molecule has 0 atom stereocenters. The molecule has 0 aromatic heterocycles. The van der Waals surface area contributed by atoms with Crippen LogP contribution in [0.5, 0.6) is 5.75 Å². The van der Waals surface area contributed by atoms with Gasteiger partial charge in [0.15, 0.2) is 0 Å². The second kappa shape index (κ2) is 5.55. The highest BCUT2D eigenvalue weighted by Crippen LogP contribution is 2.22. The minimum atomic E-state index is 0.807. The van der Waals surface area contributed by atoms with Gasteiger partial charge >= 0.3 is 0 Å². The number of benzene rings is 1. The molecule has 0 heterocycles. The summed E-state index contributed by atoms with van der Waals surface area (Å²) in [5.41, 5.74) is 0. The Morgan fingerprint density at radius 1 is 1.54 bits per heavy atom. The predicted molar refractivity (Wildman–Crippen MR) is 57.2 cm³/mol. The quantitative estimate of drug-likeness (QED) is 0.412. The van der Waals surface area contributed by atoms with E-state index in [1.807, 2.05) is 18.2 Å². The SMILES string of the molecule is C#CCCSc1cccc(OC)c1. The number of ether oxygens (including phenoxy) is 1. The third-order valence-electron chi connectivity index (χ3n) is 1.56. The highest BCUT2D eigenvalue weighted by atomic mass is 32.2. The predicted octanol–water partition coefficient (Wildman–Crippen LogP) is 2.81. The molecule has 0 aliphatic carbocycles. The average Bonchev–Trinajstić information content (AvgIpc) is 2.19. The molecule has 0 bridgehead atoms. The molecule has 1 aromatic rings. The maximum atomic E-state index is 5.16. The van der Waals surface area contributed by atoms with Crippen molar-refractivity contribution in [1.29, 1.82) is 0 Å². The van der Waals surface area contributed by atoms with Gasteiger partial charge in [0.2, 0.25) is 0 Å². The molecule has 1 nitrogen and oxygen atoms in total. The fourth-order valence-corrected chi connectivity index (χ4v) is 1.75. The monoisotopic (exact) mass is 192 g/mol. The Morgan fingerprint density at radius 2 is 2.38 bits per heavy atom. The van der Waals surface area contributed by atoms with Gasteiger partial charge in [0.25, 0.3) is 0 Å². The number of rotatable bonds is 4. The van der Waals surface area contributed by atoms with Crippen molar-refractivity contribution in [2.75, 3.05) is 12.9 Å². The van der Waals surface area contributed by atoms with Gasteiger partial charge in [-0.25, -0.2) is 0 Å². The highest BCUT2D eigenvalue weighted by molar-refractivity contribution is 7.99. The summed E-state index contributed by atoms with van der Waals surface area (Å²) in [5, 5.41) is 0. The Morgan fingerprint density at radius 3 is 3.08 bits per heavy atom. The first-order chi connectivity index (χ1) is 6.36. The molecule has 0 saturated heterocycles. The molecule has 0 spiro atoms. The molecule has 0 N–H and O–H groups in total. The van der Waals surface area contributed by atoms with Crippen LogP contribution < -0.4 is 4.74 Å². The molecule has 0 aliphatic heterocycles. The molecule has 0 saturated carbocycles. The van der Waals surface area contributed by atoms with Crippen LogP contribution >= 0.6 is 11.8 Å². The molecule has 0 radical (unpaired) electrons. The van der Waals surface area contributed by atoms with Gasteiger partial charge < -0.3 is 4.74 Å². The molecule has 2 heteroatoms. The van der Waals surface area contributed by atoms with E-state index in [0.29, 0.717) is 0 Å². The van der Waals surface area contributed by atoms with Crippen LogP contribution in [0.1, 0.15) is 6.42 Å². The first-order valence-corrected chi connectivity index (χ1v) is 5.05. The van der Waals surface area contributed by atoms with Crippen molar-refractivity contribution in [3.8, 4) is 18.1 Å². The Kier molecular flexibility index (Phi) is 4.28. The third-order valence-corrected chi connectivity index (χ3v) is 2.55. The lowest BCUT2D eigenvalue weighted by molar-refractivity contribution is 0.413. The Balaban J connectivity index is 2.52. The topological polar surface area (TPSA) is 9.23 Å². The van der Waals surface area contributed by atoms with Gasteiger partial charge in [0.05, 0.1) is 7.11 Å². The van der Waals surface area contributed by atoms with E-state index < -0.39 is 0 Å². The van der Waals surface area contributed by atoms with Crippen LogP contribution in [0.15, 0.2) is 29.2 Å². The molecule has 0 unspecified atom stereocenters. The van der Waals surface area contributed by atoms with Gasteiger partial charge in [-0.1, -0.05) is 6.07 Å². The molecule has 1 aromatic carbocycles. The van der Waals surface area contributed by atoms with Crippen molar-refractivity contribution in [2.24, 2.45) is 0 Å². The second-order valence-electron chi connectivity index (χ2n) is 2.48. The zero-order valence-corrected chi connectivity index (χ0v) is 8.43. The Labute approximate surface area is 83.5 Å². The standard InChI is InChI=1S/C11H12OS/c1-3-4-8-13-11-7-5-6-10(9-11)12-2/h1,5-7,9H,4,8H2,2H3. The van der Waals surface area contributed by atoms with Gasteiger partial charge in [0.1, 0.15) is 5.75 Å². The van der Waals surface area contributed by atoms with Crippen LogP contribution in [0.4, 0.5) is 0 Å². The van der Waals surface area contributed by atoms with E-state index in [1.54, 1.807) is 18.9 Å². The minimum Gasteiger partial charge on any atom is -0.497 e. The summed E-state index contributed by atoms with van der Waals surface area (Å²) in [6.45, 7) is 0. The van der Waals surface area contributed by atoms with Gasteiger partial charge in [-0.15, -0.1) is 24.1 Å². The summed E-state index contributed by atoms with van der Waals surface area (Å²) in [4.78, 5) is 1.20. The van der Waals surface area contributed by atoms with Crippen LogP contribution in [-0.2, 0) is 0 Å². The van der Waals surface area contributed by atoms with Crippen molar-refractivity contribution in [1.82, 2.24) is 0 Å². The van der Waals surface area contributed by atoms with E-state index in [4.69, 9.17) is 11.2 Å². The van der Waals surface area contributed by atoms with Crippen molar-refractivity contribution in [2.45, 2.75) is 11.3 Å². The maximum absolute atomic E-state index is 5.16. The average molecular weight is 192 g/mol. The molecule has 0 fully saturated rings. The highest BCUT2D eigenvalue weighted by Gasteiger charge is 1.95. The molecule has 13 heavy (non-hydrogen) atoms. The van der Waals surface area contributed by atoms with Crippen molar-refractivity contribution in [3.63, 3.8) is 0 Å².